The predicted octanol–water partition coefficient (Wildman–Crippen LogP) is 2.40. The summed E-state index contributed by atoms with van der Waals surface area (Å²) in [6.45, 7) is 0.822. The number of rotatable bonds is 4. The van der Waals surface area contributed by atoms with E-state index >= 15 is 0 Å². The highest BCUT2D eigenvalue weighted by atomic mass is 127. The number of nitrogens with zero attached hydrogens (tertiary/aromatic N) is 1. The molecule has 3 N–H and O–H groups in total. The van der Waals surface area contributed by atoms with Crippen LogP contribution in [-0.2, 0) is 5.41 Å². The fourth-order valence-electron chi connectivity index (χ4n) is 2.20. The molecule has 1 aromatic carbocycles. The van der Waals surface area contributed by atoms with E-state index in [0.29, 0.717) is 12.0 Å². The van der Waals surface area contributed by atoms with Crippen LogP contribution in [0.2, 0.25) is 0 Å². The van der Waals surface area contributed by atoms with Gasteiger partial charge in [0.15, 0.2) is 5.96 Å². The van der Waals surface area contributed by atoms with Gasteiger partial charge in [-0.05, 0) is 31.2 Å². The van der Waals surface area contributed by atoms with Gasteiger partial charge in [0.2, 0.25) is 0 Å². The molecule has 0 aromatic heterocycles. The highest BCUT2D eigenvalue weighted by Crippen LogP contribution is 2.48. The summed E-state index contributed by atoms with van der Waals surface area (Å²) in [7, 11) is 0. The molecule has 2 fully saturated rings. The molecule has 3 nitrogen and oxygen atoms in total. The van der Waals surface area contributed by atoms with Crippen molar-refractivity contribution in [3.05, 3.63) is 35.9 Å². The SMILES string of the molecule is I.NC(=NCC1(c2ccccc2)CC1)NC1CC1. The maximum Gasteiger partial charge on any atom is 0.188 e. The molecule has 2 saturated carbocycles. The van der Waals surface area contributed by atoms with Crippen LogP contribution in [0.3, 0.4) is 0 Å². The Morgan fingerprint density at radius 3 is 2.50 bits per heavy atom. The largest absolute Gasteiger partial charge is 0.370 e. The predicted molar refractivity (Wildman–Crippen MR) is 85.4 cm³/mol. The zero-order valence-corrected chi connectivity index (χ0v) is 12.8. The van der Waals surface area contributed by atoms with Crippen molar-refractivity contribution in [1.29, 1.82) is 0 Å². The highest BCUT2D eigenvalue weighted by molar-refractivity contribution is 14.0. The molecule has 0 aliphatic heterocycles. The van der Waals surface area contributed by atoms with Crippen molar-refractivity contribution in [3.8, 4) is 0 Å². The van der Waals surface area contributed by atoms with E-state index < -0.39 is 0 Å². The standard InChI is InChI=1S/C14H19N3.HI/c15-13(17-12-6-7-12)16-10-14(8-9-14)11-4-2-1-3-5-11;/h1-5,12H,6-10H2,(H3,15,16,17);1H. The van der Waals surface area contributed by atoms with Crippen molar-refractivity contribution in [2.75, 3.05) is 6.54 Å². The summed E-state index contributed by atoms with van der Waals surface area (Å²) in [5.74, 6) is 0.620. The molecule has 0 saturated heterocycles. The van der Waals surface area contributed by atoms with E-state index in [1.165, 1.54) is 31.2 Å². The maximum atomic E-state index is 5.87. The van der Waals surface area contributed by atoms with Crippen LogP contribution in [0.15, 0.2) is 35.3 Å². The summed E-state index contributed by atoms with van der Waals surface area (Å²) in [5, 5.41) is 3.23. The second-order valence-electron chi connectivity index (χ2n) is 5.27. The second kappa shape index (κ2) is 5.47. The zero-order chi connectivity index (χ0) is 11.7. The fourth-order valence-corrected chi connectivity index (χ4v) is 2.20. The van der Waals surface area contributed by atoms with Crippen molar-refractivity contribution in [2.45, 2.75) is 37.1 Å². The first-order valence-corrected chi connectivity index (χ1v) is 6.41. The Balaban J connectivity index is 0.00000120. The van der Waals surface area contributed by atoms with Gasteiger partial charge in [-0.2, -0.15) is 0 Å². The molecule has 2 aliphatic rings. The summed E-state index contributed by atoms with van der Waals surface area (Å²) >= 11 is 0. The van der Waals surface area contributed by atoms with Gasteiger partial charge in [0, 0.05) is 11.5 Å². The van der Waals surface area contributed by atoms with Gasteiger partial charge < -0.3 is 11.1 Å². The van der Waals surface area contributed by atoms with Crippen LogP contribution < -0.4 is 11.1 Å². The molecule has 4 heteroatoms. The minimum Gasteiger partial charge on any atom is -0.370 e. The summed E-state index contributed by atoms with van der Waals surface area (Å²) < 4.78 is 0. The Bertz CT molecular complexity index is 422. The van der Waals surface area contributed by atoms with Crippen molar-refractivity contribution in [3.63, 3.8) is 0 Å². The van der Waals surface area contributed by atoms with Crippen LogP contribution in [0.4, 0.5) is 0 Å². The van der Waals surface area contributed by atoms with Crippen LogP contribution in [-0.4, -0.2) is 18.5 Å². The normalized spacial score (nSPS) is 21.0. The first-order chi connectivity index (χ1) is 8.28. The lowest BCUT2D eigenvalue weighted by Gasteiger charge is -2.13. The molecule has 0 amide bonds. The van der Waals surface area contributed by atoms with Crippen molar-refractivity contribution in [1.82, 2.24) is 5.32 Å². The molecule has 0 unspecified atom stereocenters. The Morgan fingerprint density at radius 2 is 1.94 bits per heavy atom. The number of nitrogens with two attached hydrogens (primary N) is 1. The van der Waals surface area contributed by atoms with Crippen molar-refractivity contribution >= 4 is 29.9 Å². The maximum absolute atomic E-state index is 5.87. The molecule has 0 bridgehead atoms. The molecular formula is C14H20IN3. The molecule has 2 aliphatic carbocycles. The zero-order valence-electron chi connectivity index (χ0n) is 10.4. The number of benzene rings is 1. The Hall–Kier alpha value is -0.780. The number of hydrogen-bond acceptors (Lipinski definition) is 1. The van der Waals surface area contributed by atoms with Crippen LogP contribution in [0.1, 0.15) is 31.2 Å². The monoisotopic (exact) mass is 357 g/mol. The molecule has 0 spiro atoms. The lowest BCUT2D eigenvalue weighted by Crippen LogP contribution is -2.34. The van der Waals surface area contributed by atoms with Gasteiger partial charge in [0.05, 0.1) is 6.54 Å². The molecule has 1 aromatic rings. The Labute approximate surface area is 125 Å². The van der Waals surface area contributed by atoms with Crippen molar-refractivity contribution in [2.24, 2.45) is 10.7 Å². The van der Waals surface area contributed by atoms with Crippen LogP contribution in [0, 0.1) is 0 Å². The molecular weight excluding hydrogens is 337 g/mol. The third kappa shape index (κ3) is 3.16. The lowest BCUT2D eigenvalue weighted by atomic mass is 9.96. The number of nitrogens with one attached hydrogen (secondary N) is 1. The van der Waals surface area contributed by atoms with Gasteiger partial charge in [-0.1, -0.05) is 30.3 Å². The molecule has 3 rings (SSSR count). The van der Waals surface area contributed by atoms with E-state index in [2.05, 4.69) is 40.6 Å². The van der Waals surface area contributed by atoms with Gasteiger partial charge in [-0.15, -0.1) is 24.0 Å². The lowest BCUT2D eigenvalue weighted by molar-refractivity contribution is 0.699. The number of guanidine groups is 1. The average molecular weight is 357 g/mol. The third-order valence-corrected chi connectivity index (χ3v) is 3.72. The second-order valence-corrected chi connectivity index (χ2v) is 5.27. The third-order valence-electron chi connectivity index (χ3n) is 3.72. The molecule has 98 valence electrons. The van der Waals surface area contributed by atoms with Gasteiger partial charge in [-0.25, -0.2) is 0 Å². The molecule has 0 atom stereocenters. The number of halogens is 1. The van der Waals surface area contributed by atoms with Gasteiger partial charge >= 0.3 is 0 Å². The Kier molecular flexibility index (Phi) is 4.14. The summed E-state index contributed by atoms with van der Waals surface area (Å²) in [6, 6.07) is 11.3. The summed E-state index contributed by atoms with van der Waals surface area (Å²) in [5.41, 5.74) is 7.55. The van der Waals surface area contributed by atoms with Gasteiger partial charge in [0.1, 0.15) is 0 Å². The topological polar surface area (TPSA) is 50.4 Å². The summed E-state index contributed by atoms with van der Waals surface area (Å²) in [6.07, 6.45) is 4.94. The van der Waals surface area contributed by atoms with E-state index in [9.17, 15) is 0 Å². The van der Waals surface area contributed by atoms with E-state index in [4.69, 9.17) is 5.73 Å². The molecule has 18 heavy (non-hydrogen) atoms. The summed E-state index contributed by atoms with van der Waals surface area (Å²) in [4.78, 5) is 4.50. The fraction of sp³-hybridized carbons (Fsp3) is 0.500. The van der Waals surface area contributed by atoms with Crippen LogP contribution in [0.5, 0.6) is 0 Å². The average Bonchev–Trinajstić information content (AvgIpc) is 3.24. The minimum absolute atomic E-state index is 0. The molecule has 0 radical (unpaired) electrons. The minimum atomic E-state index is 0. The first-order valence-electron chi connectivity index (χ1n) is 6.41. The van der Waals surface area contributed by atoms with Crippen molar-refractivity contribution < 1.29 is 0 Å². The van der Waals surface area contributed by atoms with E-state index in [1.807, 2.05) is 0 Å². The quantitative estimate of drug-likeness (QED) is 0.494. The smallest absolute Gasteiger partial charge is 0.188 e. The van der Waals surface area contributed by atoms with Gasteiger partial charge in [0.25, 0.3) is 0 Å². The van der Waals surface area contributed by atoms with E-state index in [0.717, 1.165) is 6.54 Å². The number of aliphatic imine (C=N–C) groups is 1. The van der Waals surface area contributed by atoms with Crippen LogP contribution >= 0.6 is 24.0 Å². The van der Waals surface area contributed by atoms with Crippen LogP contribution in [0.25, 0.3) is 0 Å². The number of hydrogen-bond donors (Lipinski definition) is 2. The van der Waals surface area contributed by atoms with E-state index in [1.54, 1.807) is 0 Å². The first kappa shape index (κ1) is 13.6. The Morgan fingerprint density at radius 1 is 1.28 bits per heavy atom. The van der Waals surface area contributed by atoms with E-state index in [-0.39, 0.29) is 29.4 Å². The molecule has 0 heterocycles. The highest BCUT2D eigenvalue weighted by Gasteiger charge is 2.43. The van der Waals surface area contributed by atoms with Gasteiger partial charge in [-0.3, -0.25) is 4.99 Å².